The Morgan fingerprint density at radius 3 is 2.43 bits per heavy atom. The molecule has 0 saturated heterocycles. The van der Waals surface area contributed by atoms with Gasteiger partial charge >= 0.3 is 0 Å². The smallest absolute Gasteiger partial charge is 0.242 e. The van der Waals surface area contributed by atoms with Gasteiger partial charge in [-0.3, -0.25) is 4.79 Å². The van der Waals surface area contributed by atoms with Gasteiger partial charge in [0.25, 0.3) is 0 Å². The molecular weight excluding hydrogens is 396 g/mol. The molecule has 4 aromatic rings. The van der Waals surface area contributed by atoms with E-state index in [1.54, 1.807) is 12.3 Å². The highest BCUT2D eigenvalue weighted by Gasteiger charge is 2.26. The SMILES string of the molecule is Cc1cc(C)cc(NC(=O)[C@@H](Sc2nnc(-c3ccco3)n2C)c2ccccc2)c1. The first-order valence-corrected chi connectivity index (χ1v) is 10.4. The summed E-state index contributed by atoms with van der Waals surface area (Å²) in [6, 6.07) is 19.3. The number of hydrogen-bond donors (Lipinski definition) is 1. The van der Waals surface area contributed by atoms with Crippen molar-refractivity contribution in [1.82, 2.24) is 14.8 Å². The largest absolute Gasteiger partial charge is 0.461 e. The highest BCUT2D eigenvalue weighted by Crippen LogP contribution is 2.36. The molecule has 0 aliphatic rings. The normalized spacial score (nSPS) is 12.0. The molecule has 0 saturated carbocycles. The summed E-state index contributed by atoms with van der Waals surface area (Å²) in [7, 11) is 1.87. The molecule has 0 aliphatic heterocycles. The van der Waals surface area contributed by atoms with Crippen molar-refractivity contribution in [3.8, 4) is 11.6 Å². The average molecular weight is 419 g/mol. The van der Waals surface area contributed by atoms with Gasteiger partial charge in [0.2, 0.25) is 5.91 Å². The van der Waals surface area contributed by atoms with E-state index in [0.29, 0.717) is 16.7 Å². The molecule has 0 bridgehead atoms. The minimum atomic E-state index is -0.487. The summed E-state index contributed by atoms with van der Waals surface area (Å²) in [6.45, 7) is 4.03. The number of amides is 1. The van der Waals surface area contributed by atoms with E-state index in [2.05, 4.69) is 21.6 Å². The second-order valence-corrected chi connectivity index (χ2v) is 8.19. The van der Waals surface area contributed by atoms with Gasteiger partial charge in [-0.2, -0.15) is 0 Å². The van der Waals surface area contributed by atoms with Crippen LogP contribution < -0.4 is 5.32 Å². The Balaban J connectivity index is 1.63. The second kappa shape index (κ2) is 8.59. The summed E-state index contributed by atoms with van der Waals surface area (Å²) in [4.78, 5) is 13.3. The summed E-state index contributed by atoms with van der Waals surface area (Å²) in [5.41, 5.74) is 3.89. The van der Waals surface area contributed by atoms with Crippen molar-refractivity contribution in [2.75, 3.05) is 5.32 Å². The molecule has 0 fully saturated rings. The molecule has 152 valence electrons. The molecule has 0 radical (unpaired) electrons. The van der Waals surface area contributed by atoms with Gasteiger partial charge in [-0.1, -0.05) is 48.2 Å². The lowest BCUT2D eigenvalue weighted by Gasteiger charge is -2.17. The molecule has 1 amide bonds. The van der Waals surface area contributed by atoms with Crippen molar-refractivity contribution in [3.05, 3.63) is 83.6 Å². The van der Waals surface area contributed by atoms with E-state index in [0.717, 1.165) is 22.4 Å². The Bertz CT molecular complexity index is 1130. The Kier molecular flexibility index (Phi) is 5.72. The standard InChI is InChI=1S/C23H22N4O2S/c1-15-12-16(2)14-18(13-15)24-22(28)20(17-8-5-4-6-9-17)30-23-26-25-21(27(23)3)19-10-7-11-29-19/h4-14,20H,1-3H3,(H,24,28)/t20-/m0/s1. The van der Waals surface area contributed by atoms with Crippen LogP contribution in [0.2, 0.25) is 0 Å². The second-order valence-electron chi connectivity index (χ2n) is 7.12. The van der Waals surface area contributed by atoms with Crippen LogP contribution >= 0.6 is 11.8 Å². The number of benzene rings is 2. The molecule has 4 rings (SSSR count). The zero-order chi connectivity index (χ0) is 21.1. The fourth-order valence-electron chi connectivity index (χ4n) is 3.30. The highest BCUT2D eigenvalue weighted by atomic mass is 32.2. The van der Waals surface area contributed by atoms with Crippen molar-refractivity contribution in [2.24, 2.45) is 7.05 Å². The van der Waals surface area contributed by atoms with Crippen molar-refractivity contribution in [3.63, 3.8) is 0 Å². The van der Waals surface area contributed by atoms with Crippen molar-refractivity contribution < 1.29 is 9.21 Å². The monoisotopic (exact) mass is 418 g/mol. The van der Waals surface area contributed by atoms with E-state index in [1.807, 2.05) is 74.0 Å². The van der Waals surface area contributed by atoms with Crippen molar-refractivity contribution in [1.29, 1.82) is 0 Å². The van der Waals surface area contributed by atoms with E-state index in [4.69, 9.17) is 4.42 Å². The number of aryl methyl sites for hydroxylation is 2. The molecule has 6 nitrogen and oxygen atoms in total. The summed E-state index contributed by atoms with van der Waals surface area (Å²) < 4.78 is 7.28. The molecule has 0 spiro atoms. The molecule has 2 heterocycles. The van der Waals surface area contributed by atoms with Crippen LogP contribution in [0.3, 0.4) is 0 Å². The number of nitrogens with zero attached hydrogens (tertiary/aromatic N) is 3. The minimum absolute atomic E-state index is 0.112. The lowest BCUT2D eigenvalue weighted by molar-refractivity contribution is -0.115. The first-order chi connectivity index (χ1) is 14.5. The molecule has 0 aliphatic carbocycles. The number of furan rings is 1. The van der Waals surface area contributed by atoms with Crippen LogP contribution in [0.4, 0.5) is 5.69 Å². The Labute approximate surface area is 179 Å². The van der Waals surface area contributed by atoms with Crippen LogP contribution in [0, 0.1) is 13.8 Å². The Hall–Kier alpha value is -3.32. The van der Waals surface area contributed by atoms with E-state index in [1.165, 1.54) is 11.8 Å². The third kappa shape index (κ3) is 4.31. The van der Waals surface area contributed by atoms with Crippen LogP contribution in [0.25, 0.3) is 11.6 Å². The quantitative estimate of drug-likeness (QED) is 0.438. The Morgan fingerprint density at radius 1 is 1.03 bits per heavy atom. The molecule has 2 aromatic carbocycles. The summed E-state index contributed by atoms with van der Waals surface area (Å²) in [5.74, 6) is 1.13. The van der Waals surface area contributed by atoms with Gasteiger partial charge in [0.05, 0.1) is 6.26 Å². The number of carbonyl (C=O) groups is 1. The van der Waals surface area contributed by atoms with Gasteiger partial charge in [-0.15, -0.1) is 10.2 Å². The van der Waals surface area contributed by atoms with Gasteiger partial charge in [-0.05, 0) is 54.8 Å². The maximum atomic E-state index is 13.3. The topological polar surface area (TPSA) is 73.0 Å². The van der Waals surface area contributed by atoms with Crippen LogP contribution in [-0.2, 0) is 11.8 Å². The van der Waals surface area contributed by atoms with Gasteiger partial charge < -0.3 is 14.3 Å². The zero-order valence-corrected chi connectivity index (χ0v) is 17.8. The van der Waals surface area contributed by atoms with Gasteiger partial charge in [0.15, 0.2) is 16.7 Å². The summed E-state index contributed by atoms with van der Waals surface area (Å²) >= 11 is 1.36. The third-order valence-corrected chi connectivity index (χ3v) is 5.92. The number of aromatic nitrogens is 3. The molecule has 7 heteroatoms. The predicted octanol–water partition coefficient (Wildman–Crippen LogP) is 5.16. The number of carbonyl (C=O) groups excluding carboxylic acids is 1. The van der Waals surface area contributed by atoms with E-state index in [9.17, 15) is 4.79 Å². The van der Waals surface area contributed by atoms with Crippen LogP contribution in [0.1, 0.15) is 21.9 Å². The highest BCUT2D eigenvalue weighted by molar-refractivity contribution is 8.00. The lowest BCUT2D eigenvalue weighted by Crippen LogP contribution is -2.19. The fourth-order valence-corrected chi connectivity index (χ4v) is 4.30. The number of rotatable bonds is 6. The van der Waals surface area contributed by atoms with Gasteiger partial charge in [-0.25, -0.2) is 0 Å². The van der Waals surface area contributed by atoms with Crippen LogP contribution in [0.15, 0.2) is 76.5 Å². The number of thioether (sulfide) groups is 1. The minimum Gasteiger partial charge on any atom is -0.461 e. The van der Waals surface area contributed by atoms with E-state index >= 15 is 0 Å². The van der Waals surface area contributed by atoms with Crippen molar-refractivity contribution >= 4 is 23.4 Å². The number of nitrogens with one attached hydrogen (secondary N) is 1. The molecule has 30 heavy (non-hydrogen) atoms. The number of anilines is 1. The Morgan fingerprint density at radius 2 is 1.77 bits per heavy atom. The molecular formula is C23H22N4O2S. The van der Waals surface area contributed by atoms with E-state index in [-0.39, 0.29) is 5.91 Å². The number of hydrogen-bond acceptors (Lipinski definition) is 5. The molecule has 1 atom stereocenters. The maximum Gasteiger partial charge on any atom is 0.242 e. The summed E-state index contributed by atoms with van der Waals surface area (Å²) in [6.07, 6.45) is 1.60. The third-order valence-electron chi connectivity index (χ3n) is 4.63. The van der Waals surface area contributed by atoms with Crippen LogP contribution in [0.5, 0.6) is 0 Å². The van der Waals surface area contributed by atoms with Gasteiger partial charge in [0, 0.05) is 12.7 Å². The fraction of sp³-hybridized carbons (Fsp3) is 0.174. The average Bonchev–Trinajstić information content (AvgIpc) is 3.36. The predicted molar refractivity (Wildman–Crippen MR) is 118 cm³/mol. The van der Waals surface area contributed by atoms with Crippen molar-refractivity contribution in [2.45, 2.75) is 24.3 Å². The summed E-state index contributed by atoms with van der Waals surface area (Å²) in [5, 5.41) is 11.7. The first-order valence-electron chi connectivity index (χ1n) is 9.55. The van der Waals surface area contributed by atoms with Crippen LogP contribution in [-0.4, -0.2) is 20.7 Å². The molecule has 2 aromatic heterocycles. The van der Waals surface area contributed by atoms with Gasteiger partial charge in [0.1, 0.15) is 5.25 Å². The first kappa shape index (κ1) is 20.0. The molecule has 1 N–H and O–H groups in total. The lowest BCUT2D eigenvalue weighted by atomic mass is 10.1. The maximum absolute atomic E-state index is 13.3. The van der Waals surface area contributed by atoms with E-state index < -0.39 is 5.25 Å². The zero-order valence-electron chi connectivity index (χ0n) is 17.0. The molecule has 0 unspecified atom stereocenters.